The minimum Gasteiger partial charge on any atom is -0.150 e. The highest BCUT2D eigenvalue weighted by Crippen LogP contribution is 2.44. The van der Waals surface area contributed by atoms with E-state index in [1.54, 1.807) is 0 Å². The van der Waals surface area contributed by atoms with Gasteiger partial charge in [0.2, 0.25) is 0 Å². The molecule has 2 nitrogen and oxygen atoms in total. The van der Waals surface area contributed by atoms with E-state index < -0.39 is 0 Å². The summed E-state index contributed by atoms with van der Waals surface area (Å²) < 4.78 is 0. The molecule has 0 aromatic rings. The maximum Gasteiger partial charge on any atom is 0.120 e. The molecule has 2 unspecified atom stereocenters. The molecule has 0 aliphatic heterocycles. The number of rotatable bonds is 2. The van der Waals surface area contributed by atoms with Crippen LogP contribution in [0.5, 0.6) is 0 Å². The minimum absolute atomic E-state index is 0.00322. The molecule has 1 aliphatic carbocycles. The Labute approximate surface area is 112 Å². The van der Waals surface area contributed by atoms with Gasteiger partial charge in [-0.25, -0.2) is 0 Å². The first-order chi connectivity index (χ1) is 8.11. The number of hydrogen-bond donors (Lipinski definition) is 0. The molecule has 0 amide bonds. The molecule has 0 spiro atoms. The average molecular weight is 249 g/mol. The minimum atomic E-state index is -0.222. The van der Waals surface area contributed by atoms with Crippen LogP contribution in [0.3, 0.4) is 0 Å². The van der Waals surface area contributed by atoms with Gasteiger partial charge in [-0.15, -0.1) is 0 Å². The van der Waals surface area contributed by atoms with Crippen molar-refractivity contribution in [1.29, 1.82) is 0 Å². The van der Waals surface area contributed by atoms with Gasteiger partial charge in [0.05, 0.1) is 0 Å². The SMILES string of the molecule is CCC1=CC(C(C)(C)C)C(N=O)C(C(C)(C)C)=C1. The highest BCUT2D eigenvalue weighted by atomic mass is 16.3. The second kappa shape index (κ2) is 4.99. The van der Waals surface area contributed by atoms with E-state index in [0.29, 0.717) is 0 Å². The van der Waals surface area contributed by atoms with Crippen molar-refractivity contribution in [3.05, 3.63) is 28.2 Å². The zero-order valence-corrected chi connectivity index (χ0v) is 12.9. The van der Waals surface area contributed by atoms with Crippen molar-refractivity contribution in [2.24, 2.45) is 21.9 Å². The zero-order chi connectivity index (χ0) is 14.1. The van der Waals surface area contributed by atoms with Gasteiger partial charge >= 0.3 is 0 Å². The molecular formula is C16H27NO. The summed E-state index contributed by atoms with van der Waals surface area (Å²) in [6.45, 7) is 15.2. The molecule has 0 radical (unpaired) electrons. The predicted octanol–water partition coefficient (Wildman–Crippen LogP) is 5.11. The standard InChI is InChI=1S/C16H27NO/c1-8-11-9-12(15(2,3)4)14(17-18)13(10-11)16(5,6)7/h9-10,12,14H,8H2,1-7H3. The van der Waals surface area contributed by atoms with Gasteiger partial charge in [-0.2, -0.15) is 4.91 Å². The predicted molar refractivity (Wildman–Crippen MR) is 78.4 cm³/mol. The van der Waals surface area contributed by atoms with Crippen LogP contribution in [0.25, 0.3) is 0 Å². The van der Waals surface area contributed by atoms with Gasteiger partial charge in [0.25, 0.3) is 0 Å². The summed E-state index contributed by atoms with van der Waals surface area (Å²) in [7, 11) is 0. The fourth-order valence-electron chi connectivity index (χ4n) is 2.57. The van der Waals surface area contributed by atoms with Crippen molar-refractivity contribution in [3.8, 4) is 0 Å². The van der Waals surface area contributed by atoms with Gasteiger partial charge in [0.1, 0.15) is 6.04 Å². The lowest BCUT2D eigenvalue weighted by atomic mass is 9.66. The van der Waals surface area contributed by atoms with E-state index in [1.165, 1.54) is 11.1 Å². The Hall–Kier alpha value is -0.920. The molecule has 0 heterocycles. The number of hydrogen-bond acceptors (Lipinski definition) is 2. The Bertz CT molecular complexity index is 377. The molecule has 0 N–H and O–H groups in total. The lowest BCUT2D eigenvalue weighted by Gasteiger charge is -2.39. The Morgan fingerprint density at radius 1 is 1.17 bits per heavy atom. The molecule has 2 heteroatoms. The Morgan fingerprint density at radius 3 is 2.06 bits per heavy atom. The summed E-state index contributed by atoms with van der Waals surface area (Å²) in [6, 6.07) is -0.222. The summed E-state index contributed by atoms with van der Waals surface area (Å²) >= 11 is 0. The summed E-state index contributed by atoms with van der Waals surface area (Å²) in [5, 5.41) is 3.45. The Balaban J connectivity index is 3.30. The van der Waals surface area contributed by atoms with E-state index in [1.807, 2.05) is 0 Å². The number of nitrogens with zero attached hydrogens (tertiary/aromatic N) is 1. The van der Waals surface area contributed by atoms with Crippen molar-refractivity contribution >= 4 is 0 Å². The topological polar surface area (TPSA) is 29.4 Å². The number of allylic oxidation sites excluding steroid dienone is 2. The lowest BCUT2D eigenvalue weighted by molar-refractivity contribution is 0.248. The van der Waals surface area contributed by atoms with Crippen LogP contribution in [0.1, 0.15) is 54.9 Å². The van der Waals surface area contributed by atoms with Crippen molar-refractivity contribution in [2.45, 2.75) is 60.9 Å². The molecule has 1 rings (SSSR count). The molecule has 0 bridgehead atoms. The molecule has 2 atom stereocenters. The molecule has 18 heavy (non-hydrogen) atoms. The van der Waals surface area contributed by atoms with Crippen molar-refractivity contribution in [1.82, 2.24) is 0 Å². The van der Waals surface area contributed by atoms with Crippen LogP contribution < -0.4 is 0 Å². The molecule has 0 fully saturated rings. The monoisotopic (exact) mass is 249 g/mol. The second-order valence-electron chi connectivity index (χ2n) is 7.39. The van der Waals surface area contributed by atoms with Crippen molar-refractivity contribution in [2.75, 3.05) is 0 Å². The van der Waals surface area contributed by atoms with Crippen LogP contribution in [-0.4, -0.2) is 6.04 Å². The van der Waals surface area contributed by atoms with E-state index in [0.717, 1.165) is 6.42 Å². The first-order valence-electron chi connectivity index (χ1n) is 6.86. The summed E-state index contributed by atoms with van der Waals surface area (Å²) in [6.07, 6.45) is 5.45. The van der Waals surface area contributed by atoms with Crippen LogP contribution in [0, 0.1) is 21.7 Å². The maximum atomic E-state index is 11.3. The van der Waals surface area contributed by atoms with Gasteiger partial charge in [-0.05, 0) is 22.8 Å². The highest BCUT2D eigenvalue weighted by Gasteiger charge is 2.39. The van der Waals surface area contributed by atoms with Gasteiger partial charge in [0.15, 0.2) is 0 Å². The third-order valence-electron chi connectivity index (χ3n) is 3.78. The van der Waals surface area contributed by atoms with Crippen LogP contribution in [0.4, 0.5) is 0 Å². The molecule has 0 saturated carbocycles. The average Bonchev–Trinajstić information content (AvgIpc) is 2.24. The summed E-state index contributed by atoms with van der Waals surface area (Å²) in [5.41, 5.74) is 2.57. The fourth-order valence-corrected chi connectivity index (χ4v) is 2.57. The smallest absolute Gasteiger partial charge is 0.120 e. The van der Waals surface area contributed by atoms with E-state index in [2.05, 4.69) is 65.8 Å². The molecule has 1 aliphatic rings. The van der Waals surface area contributed by atoms with E-state index in [4.69, 9.17) is 0 Å². The van der Waals surface area contributed by atoms with E-state index in [-0.39, 0.29) is 22.8 Å². The molecule has 0 saturated heterocycles. The molecule has 102 valence electrons. The summed E-state index contributed by atoms with van der Waals surface area (Å²) in [4.78, 5) is 11.3. The summed E-state index contributed by atoms with van der Waals surface area (Å²) in [5.74, 6) is 0.198. The maximum absolute atomic E-state index is 11.3. The first kappa shape index (κ1) is 15.1. The quantitative estimate of drug-likeness (QED) is 0.625. The zero-order valence-electron chi connectivity index (χ0n) is 12.9. The molecule has 0 aromatic heterocycles. The normalized spacial score (nSPS) is 25.5. The lowest BCUT2D eigenvalue weighted by Crippen LogP contribution is -2.36. The molecule has 0 aromatic carbocycles. The van der Waals surface area contributed by atoms with Crippen LogP contribution in [0.2, 0.25) is 0 Å². The van der Waals surface area contributed by atoms with Crippen molar-refractivity contribution < 1.29 is 0 Å². The van der Waals surface area contributed by atoms with Crippen LogP contribution >= 0.6 is 0 Å². The third kappa shape index (κ3) is 3.09. The van der Waals surface area contributed by atoms with Crippen LogP contribution in [-0.2, 0) is 0 Å². The van der Waals surface area contributed by atoms with Crippen molar-refractivity contribution in [3.63, 3.8) is 0 Å². The fraction of sp³-hybridized carbons (Fsp3) is 0.750. The van der Waals surface area contributed by atoms with Gasteiger partial charge in [0, 0.05) is 5.92 Å². The highest BCUT2D eigenvalue weighted by molar-refractivity contribution is 5.37. The Morgan fingerprint density at radius 2 is 1.72 bits per heavy atom. The first-order valence-corrected chi connectivity index (χ1v) is 6.86. The van der Waals surface area contributed by atoms with Gasteiger partial charge in [-0.3, -0.25) is 0 Å². The van der Waals surface area contributed by atoms with Gasteiger partial charge in [-0.1, -0.05) is 71.4 Å². The van der Waals surface area contributed by atoms with E-state index >= 15 is 0 Å². The largest absolute Gasteiger partial charge is 0.150 e. The van der Waals surface area contributed by atoms with Crippen LogP contribution in [0.15, 0.2) is 28.5 Å². The van der Waals surface area contributed by atoms with Gasteiger partial charge < -0.3 is 0 Å². The number of nitroso groups, excluding NO2 is 1. The Kier molecular flexibility index (Phi) is 4.19. The second-order valence-corrected chi connectivity index (χ2v) is 7.39. The van der Waals surface area contributed by atoms with E-state index in [9.17, 15) is 4.91 Å². The molecular weight excluding hydrogens is 222 g/mol. The third-order valence-corrected chi connectivity index (χ3v) is 3.78.